The number of carbonyl (C=O) groups excluding carboxylic acids is 1. The van der Waals surface area contributed by atoms with Gasteiger partial charge in [-0.1, -0.05) is 0 Å². The fourth-order valence-electron chi connectivity index (χ4n) is 3.13. The maximum Gasteiger partial charge on any atom is 0.265 e. The highest BCUT2D eigenvalue weighted by Gasteiger charge is 2.53. The summed E-state index contributed by atoms with van der Waals surface area (Å²) in [7, 11) is -2.20. The van der Waals surface area contributed by atoms with Crippen molar-refractivity contribution in [2.75, 3.05) is 17.8 Å². The molecule has 0 unspecified atom stereocenters. The fraction of sp³-hybridized carbons (Fsp3) is 0.467. The summed E-state index contributed by atoms with van der Waals surface area (Å²) in [5, 5.41) is 15.9. The van der Waals surface area contributed by atoms with Gasteiger partial charge in [-0.25, -0.2) is 8.42 Å². The minimum Gasteiger partial charge on any atom is -0.386 e. The largest absolute Gasteiger partial charge is 0.386 e. The molecule has 2 aromatic heterocycles. The summed E-state index contributed by atoms with van der Waals surface area (Å²) < 4.78 is 29.1. The van der Waals surface area contributed by atoms with Crippen molar-refractivity contribution in [3.8, 4) is 0 Å². The molecule has 1 amide bonds. The highest BCUT2D eigenvalue weighted by molar-refractivity contribution is 7.93. The standard InChI is InChI=1S/C15H18N4O4S2/c1-18-7-11(6-16-18)17-25(22,23)12-4-5-24-13(12)14(20)19-8-15(21,9-19)10-2-3-10/h4-7,10,17,21H,2-3,8-9H2,1H3. The van der Waals surface area contributed by atoms with E-state index in [1.165, 1.54) is 28.0 Å². The number of thiophene rings is 1. The summed E-state index contributed by atoms with van der Waals surface area (Å²) >= 11 is 1.09. The van der Waals surface area contributed by atoms with Gasteiger partial charge in [0, 0.05) is 13.2 Å². The van der Waals surface area contributed by atoms with E-state index >= 15 is 0 Å². The third kappa shape index (κ3) is 2.94. The van der Waals surface area contributed by atoms with Gasteiger partial charge >= 0.3 is 0 Å². The highest BCUT2D eigenvalue weighted by atomic mass is 32.2. The Morgan fingerprint density at radius 3 is 2.76 bits per heavy atom. The monoisotopic (exact) mass is 382 g/mol. The first-order chi connectivity index (χ1) is 11.8. The van der Waals surface area contributed by atoms with Gasteiger partial charge in [0.05, 0.1) is 25.0 Å². The van der Waals surface area contributed by atoms with Crippen molar-refractivity contribution in [3.63, 3.8) is 0 Å². The zero-order chi connectivity index (χ0) is 17.8. The predicted molar refractivity (Wildman–Crippen MR) is 91.9 cm³/mol. The van der Waals surface area contributed by atoms with Gasteiger partial charge in [0.15, 0.2) is 0 Å². The average molecular weight is 382 g/mol. The van der Waals surface area contributed by atoms with Gasteiger partial charge in [-0.05, 0) is 30.2 Å². The van der Waals surface area contributed by atoms with Crippen LogP contribution in [0.15, 0.2) is 28.7 Å². The van der Waals surface area contributed by atoms with Crippen LogP contribution < -0.4 is 4.72 Å². The molecule has 1 aliphatic heterocycles. The molecular weight excluding hydrogens is 364 g/mol. The van der Waals surface area contributed by atoms with Crippen LogP contribution in [0.5, 0.6) is 0 Å². The van der Waals surface area contributed by atoms with E-state index in [2.05, 4.69) is 9.82 Å². The number of likely N-dealkylation sites (tertiary alicyclic amines) is 1. The molecule has 2 fully saturated rings. The van der Waals surface area contributed by atoms with Gasteiger partial charge in [-0.3, -0.25) is 14.2 Å². The lowest BCUT2D eigenvalue weighted by Gasteiger charge is -2.46. The minimum absolute atomic E-state index is 0.0479. The van der Waals surface area contributed by atoms with Crippen molar-refractivity contribution in [2.45, 2.75) is 23.3 Å². The number of amides is 1. The SMILES string of the molecule is Cn1cc(NS(=O)(=O)c2ccsc2C(=O)N2CC(O)(C3CC3)C2)cn1. The second kappa shape index (κ2) is 5.55. The van der Waals surface area contributed by atoms with Crippen LogP contribution in [0.25, 0.3) is 0 Å². The van der Waals surface area contributed by atoms with E-state index in [4.69, 9.17) is 0 Å². The number of aliphatic hydroxyl groups is 1. The third-order valence-corrected chi connectivity index (χ3v) is 7.08. The molecule has 4 rings (SSSR count). The number of hydrogen-bond acceptors (Lipinski definition) is 6. The summed E-state index contributed by atoms with van der Waals surface area (Å²) in [4.78, 5) is 14.3. The third-order valence-electron chi connectivity index (χ3n) is 4.62. The van der Waals surface area contributed by atoms with Gasteiger partial charge in [-0.15, -0.1) is 11.3 Å². The van der Waals surface area contributed by atoms with Crippen LogP contribution in [-0.4, -0.2) is 52.8 Å². The Balaban J connectivity index is 1.53. The van der Waals surface area contributed by atoms with E-state index < -0.39 is 15.6 Å². The molecule has 1 saturated carbocycles. The van der Waals surface area contributed by atoms with Crippen molar-refractivity contribution < 1.29 is 18.3 Å². The van der Waals surface area contributed by atoms with E-state index in [0.29, 0.717) is 5.69 Å². The van der Waals surface area contributed by atoms with Crippen molar-refractivity contribution >= 4 is 33.0 Å². The smallest absolute Gasteiger partial charge is 0.265 e. The Hall–Kier alpha value is -1.91. The number of aromatic nitrogens is 2. The molecule has 1 saturated heterocycles. The zero-order valence-corrected chi connectivity index (χ0v) is 15.2. The van der Waals surface area contributed by atoms with E-state index in [1.54, 1.807) is 12.4 Å². The number of aryl methyl sites for hydroxylation is 1. The summed E-state index contributed by atoms with van der Waals surface area (Å²) in [6.45, 7) is 0.536. The molecule has 2 aromatic rings. The van der Waals surface area contributed by atoms with E-state index in [9.17, 15) is 18.3 Å². The van der Waals surface area contributed by atoms with Crippen LogP contribution in [0.1, 0.15) is 22.5 Å². The van der Waals surface area contributed by atoms with Crippen LogP contribution in [0.3, 0.4) is 0 Å². The van der Waals surface area contributed by atoms with Crippen molar-refractivity contribution in [2.24, 2.45) is 13.0 Å². The number of rotatable bonds is 5. The number of sulfonamides is 1. The molecule has 134 valence electrons. The second-order valence-electron chi connectivity index (χ2n) is 6.66. The lowest BCUT2D eigenvalue weighted by atomic mass is 9.88. The van der Waals surface area contributed by atoms with Crippen LogP contribution in [0, 0.1) is 5.92 Å². The van der Waals surface area contributed by atoms with Crippen LogP contribution >= 0.6 is 11.3 Å². The maximum absolute atomic E-state index is 12.7. The minimum atomic E-state index is -3.89. The molecule has 2 aliphatic rings. The summed E-state index contributed by atoms with van der Waals surface area (Å²) in [5.74, 6) is -0.0813. The Morgan fingerprint density at radius 1 is 1.44 bits per heavy atom. The molecule has 0 radical (unpaired) electrons. The quantitative estimate of drug-likeness (QED) is 0.799. The van der Waals surface area contributed by atoms with E-state index in [0.717, 1.165) is 24.2 Å². The van der Waals surface area contributed by atoms with Gasteiger partial charge in [0.2, 0.25) is 0 Å². The zero-order valence-electron chi connectivity index (χ0n) is 13.5. The van der Waals surface area contributed by atoms with Crippen LogP contribution in [0.2, 0.25) is 0 Å². The number of anilines is 1. The average Bonchev–Trinajstić information content (AvgIpc) is 3.11. The van der Waals surface area contributed by atoms with Crippen molar-refractivity contribution in [3.05, 3.63) is 28.7 Å². The molecule has 3 heterocycles. The number of hydrogen-bond donors (Lipinski definition) is 2. The number of β-amino-alcohol motifs (C(OH)–C–C–N with tert-alkyl or cyclic N) is 1. The lowest BCUT2D eigenvalue weighted by molar-refractivity contribution is -0.0957. The molecule has 25 heavy (non-hydrogen) atoms. The van der Waals surface area contributed by atoms with E-state index in [1.807, 2.05) is 0 Å². The normalized spacial score (nSPS) is 19.5. The lowest BCUT2D eigenvalue weighted by Crippen LogP contribution is -2.64. The van der Waals surface area contributed by atoms with Gasteiger partial charge in [0.25, 0.3) is 15.9 Å². The molecule has 0 atom stereocenters. The molecule has 8 nitrogen and oxygen atoms in total. The Morgan fingerprint density at radius 2 is 2.16 bits per heavy atom. The summed E-state index contributed by atoms with van der Waals surface area (Å²) in [6, 6.07) is 1.42. The molecule has 10 heteroatoms. The van der Waals surface area contributed by atoms with Crippen LogP contribution in [0.4, 0.5) is 5.69 Å². The van der Waals surface area contributed by atoms with Crippen LogP contribution in [-0.2, 0) is 17.1 Å². The topological polar surface area (TPSA) is 105 Å². The summed E-state index contributed by atoms with van der Waals surface area (Å²) in [6.07, 6.45) is 4.92. The Kier molecular flexibility index (Phi) is 3.67. The number of nitrogens with zero attached hydrogens (tertiary/aromatic N) is 3. The van der Waals surface area contributed by atoms with Gasteiger partial charge in [-0.2, -0.15) is 5.10 Å². The molecule has 0 spiro atoms. The fourth-order valence-corrected chi connectivity index (χ4v) is 5.55. The van der Waals surface area contributed by atoms with Crippen molar-refractivity contribution in [1.82, 2.24) is 14.7 Å². The number of carbonyl (C=O) groups is 1. The Bertz CT molecular complexity index is 923. The molecule has 0 aromatic carbocycles. The van der Waals surface area contributed by atoms with E-state index in [-0.39, 0.29) is 34.7 Å². The predicted octanol–water partition coefficient (Wildman–Crippen LogP) is 0.879. The molecule has 2 N–H and O–H groups in total. The first-order valence-electron chi connectivity index (χ1n) is 7.89. The van der Waals surface area contributed by atoms with Gasteiger partial charge in [0.1, 0.15) is 15.4 Å². The van der Waals surface area contributed by atoms with Gasteiger partial charge < -0.3 is 10.0 Å². The highest BCUT2D eigenvalue weighted by Crippen LogP contribution is 2.45. The summed E-state index contributed by atoms with van der Waals surface area (Å²) in [5.41, 5.74) is -0.459. The number of nitrogens with one attached hydrogen (secondary N) is 1. The maximum atomic E-state index is 12.7. The van der Waals surface area contributed by atoms with Crippen molar-refractivity contribution in [1.29, 1.82) is 0 Å². The Labute approximate surface area is 149 Å². The molecule has 0 bridgehead atoms. The molecule has 1 aliphatic carbocycles. The second-order valence-corrected chi connectivity index (χ2v) is 9.23. The molecular formula is C15H18N4O4S2. The first-order valence-corrected chi connectivity index (χ1v) is 10.3. The first kappa shape index (κ1) is 16.6.